The Morgan fingerprint density at radius 1 is 1.12 bits per heavy atom. The number of carbonyl (C=O) groups excluding carboxylic acids is 2. The lowest BCUT2D eigenvalue weighted by Crippen LogP contribution is -2.44. The van der Waals surface area contributed by atoms with Gasteiger partial charge < -0.3 is 18.9 Å². The summed E-state index contributed by atoms with van der Waals surface area (Å²) in [6.07, 6.45) is 4.35. The van der Waals surface area contributed by atoms with Crippen LogP contribution in [0.1, 0.15) is 38.2 Å². The first-order valence-electron chi connectivity index (χ1n) is 8.06. The second-order valence-electron chi connectivity index (χ2n) is 5.80. The molecule has 1 aliphatic carbocycles. The molecule has 0 N–H and O–H groups in total. The summed E-state index contributed by atoms with van der Waals surface area (Å²) in [6, 6.07) is 5.16. The lowest BCUT2D eigenvalue weighted by atomic mass is 10.1. The van der Waals surface area contributed by atoms with E-state index in [1.165, 1.54) is 13.2 Å². The van der Waals surface area contributed by atoms with Gasteiger partial charge in [0.05, 0.1) is 13.7 Å². The summed E-state index contributed by atoms with van der Waals surface area (Å²) in [7, 11) is 1.53. The molecule has 1 spiro atoms. The molecule has 0 unspecified atom stereocenters. The van der Waals surface area contributed by atoms with E-state index >= 15 is 0 Å². The highest BCUT2D eigenvalue weighted by Crippen LogP contribution is 2.39. The van der Waals surface area contributed by atoms with Crippen LogP contribution in [0.15, 0.2) is 23.8 Å². The smallest absolute Gasteiger partial charge is 0.348 e. The van der Waals surface area contributed by atoms with Crippen LogP contribution in [0.5, 0.6) is 11.5 Å². The minimum Gasteiger partial charge on any atom is -0.493 e. The molecule has 1 saturated heterocycles. The first-order valence-corrected chi connectivity index (χ1v) is 8.06. The summed E-state index contributed by atoms with van der Waals surface area (Å²) < 4.78 is 21.5. The molecule has 1 saturated carbocycles. The van der Waals surface area contributed by atoms with E-state index in [4.69, 9.17) is 18.9 Å². The number of carbonyl (C=O) groups is 2. The van der Waals surface area contributed by atoms with Crippen molar-refractivity contribution in [2.24, 2.45) is 0 Å². The number of methoxy groups -OCH3 is 1. The Kier molecular flexibility index (Phi) is 4.46. The lowest BCUT2D eigenvalue weighted by molar-refractivity contribution is -0.232. The van der Waals surface area contributed by atoms with Crippen molar-refractivity contribution in [3.05, 3.63) is 29.3 Å². The van der Waals surface area contributed by atoms with E-state index in [0.29, 0.717) is 36.5 Å². The number of hydrogen-bond acceptors (Lipinski definition) is 6. The average Bonchev–Trinajstić information content (AvgIpc) is 3.00. The third kappa shape index (κ3) is 3.09. The second-order valence-corrected chi connectivity index (χ2v) is 5.80. The Bertz CT molecular complexity index is 663. The van der Waals surface area contributed by atoms with Crippen molar-refractivity contribution in [1.82, 2.24) is 0 Å². The van der Waals surface area contributed by atoms with Crippen molar-refractivity contribution in [3.8, 4) is 11.5 Å². The normalized spacial score (nSPS) is 19.0. The fraction of sp³-hybridized carbons (Fsp3) is 0.444. The SMILES string of the molecule is CCOc1ccc(C=C2C(=O)OC3(CCCC3)OC2=O)cc1OC. The zero-order valence-electron chi connectivity index (χ0n) is 13.8. The molecular weight excluding hydrogens is 312 g/mol. The molecule has 0 aromatic heterocycles. The van der Waals surface area contributed by atoms with Gasteiger partial charge in [-0.15, -0.1) is 0 Å². The molecule has 2 aliphatic rings. The maximum atomic E-state index is 12.2. The third-order valence-electron chi connectivity index (χ3n) is 4.16. The average molecular weight is 332 g/mol. The van der Waals surface area contributed by atoms with Gasteiger partial charge in [-0.25, -0.2) is 9.59 Å². The minimum atomic E-state index is -1.05. The fourth-order valence-corrected chi connectivity index (χ4v) is 3.00. The Morgan fingerprint density at radius 2 is 1.79 bits per heavy atom. The molecule has 1 aliphatic heterocycles. The maximum Gasteiger partial charge on any atom is 0.348 e. The molecule has 1 heterocycles. The molecule has 0 atom stereocenters. The van der Waals surface area contributed by atoms with Crippen LogP contribution in [0.25, 0.3) is 6.08 Å². The van der Waals surface area contributed by atoms with Gasteiger partial charge in [-0.1, -0.05) is 6.07 Å². The van der Waals surface area contributed by atoms with E-state index in [1.54, 1.807) is 18.2 Å². The van der Waals surface area contributed by atoms with Crippen LogP contribution in [0.2, 0.25) is 0 Å². The van der Waals surface area contributed by atoms with E-state index in [1.807, 2.05) is 6.92 Å². The van der Waals surface area contributed by atoms with Crippen molar-refractivity contribution in [2.75, 3.05) is 13.7 Å². The molecule has 0 amide bonds. The Morgan fingerprint density at radius 3 is 2.38 bits per heavy atom. The Labute approximate surface area is 140 Å². The molecule has 6 heteroatoms. The minimum absolute atomic E-state index is 0.112. The van der Waals surface area contributed by atoms with E-state index in [-0.39, 0.29) is 5.57 Å². The van der Waals surface area contributed by atoms with Crippen molar-refractivity contribution >= 4 is 18.0 Å². The number of benzene rings is 1. The summed E-state index contributed by atoms with van der Waals surface area (Å²) in [6.45, 7) is 2.39. The first-order chi connectivity index (χ1) is 11.6. The summed E-state index contributed by atoms with van der Waals surface area (Å²) >= 11 is 0. The van der Waals surface area contributed by atoms with Gasteiger partial charge in [-0.05, 0) is 43.5 Å². The first kappa shape index (κ1) is 16.4. The zero-order chi connectivity index (χ0) is 17.2. The largest absolute Gasteiger partial charge is 0.493 e. The Balaban J connectivity index is 1.85. The van der Waals surface area contributed by atoms with Gasteiger partial charge in [0.1, 0.15) is 5.57 Å². The predicted octanol–water partition coefficient (Wildman–Crippen LogP) is 2.85. The number of ether oxygens (including phenoxy) is 4. The summed E-state index contributed by atoms with van der Waals surface area (Å²) in [5, 5.41) is 0. The topological polar surface area (TPSA) is 71.1 Å². The Hall–Kier alpha value is -2.50. The molecule has 0 radical (unpaired) electrons. The van der Waals surface area contributed by atoms with Crippen LogP contribution in [0.3, 0.4) is 0 Å². The van der Waals surface area contributed by atoms with Gasteiger partial charge in [0.25, 0.3) is 5.79 Å². The number of esters is 2. The third-order valence-corrected chi connectivity index (χ3v) is 4.16. The van der Waals surface area contributed by atoms with Crippen molar-refractivity contribution in [1.29, 1.82) is 0 Å². The van der Waals surface area contributed by atoms with Crippen LogP contribution >= 0.6 is 0 Å². The van der Waals surface area contributed by atoms with Gasteiger partial charge in [0.15, 0.2) is 11.5 Å². The molecular formula is C18H20O6. The van der Waals surface area contributed by atoms with Gasteiger partial charge >= 0.3 is 11.9 Å². The van der Waals surface area contributed by atoms with Crippen LogP contribution in [-0.2, 0) is 19.1 Å². The van der Waals surface area contributed by atoms with E-state index in [9.17, 15) is 9.59 Å². The molecule has 1 aromatic carbocycles. The fourth-order valence-electron chi connectivity index (χ4n) is 3.00. The molecule has 6 nitrogen and oxygen atoms in total. The maximum absolute atomic E-state index is 12.2. The molecule has 0 bridgehead atoms. The van der Waals surface area contributed by atoms with Crippen LogP contribution in [0, 0.1) is 0 Å². The van der Waals surface area contributed by atoms with Gasteiger partial charge in [0.2, 0.25) is 0 Å². The van der Waals surface area contributed by atoms with Gasteiger partial charge in [-0.3, -0.25) is 0 Å². The molecule has 128 valence electrons. The second kappa shape index (κ2) is 6.55. The highest BCUT2D eigenvalue weighted by Gasteiger charge is 2.47. The van der Waals surface area contributed by atoms with Crippen LogP contribution in [-0.4, -0.2) is 31.4 Å². The van der Waals surface area contributed by atoms with Crippen LogP contribution < -0.4 is 9.47 Å². The zero-order valence-corrected chi connectivity index (χ0v) is 13.8. The standard InChI is InChI=1S/C18H20O6/c1-3-22-14-7-6-12(11-15(14)21-2)10-13-16(19)23-18(24-17(13)20)8-4-5-9-18/h6-7,10-11H,3-5,8-9H2,1-2H3. The molecule has 24 heavy (non-hydrogen) atoms. The van der Waals surface area contributed by atoms with Crippen molar-refractivity contribution < 1.29 is 28.5 Å². The van der Waals surface area contributed by atoms with Crippen molar-refractivity contribution in [2.45, 2.75) is 38.4 Å². The van der Waals surface area contributed by atoms with Crippen LogP contribution in [0.4, 0.5) is 0 Å². The van der Waals surface area contributed by atoms with Crippen molar-refractivity contribution in [3.63, 3.8) is 0 Å². The highest BCUT2D eigenvalue weighted by molar-refractivity contribution is 6.18. The molecule has 2 fully saturated rings. The van der Waals surface area contributed by atoms with Gasteiger partial charge in [0, 0.05) is 12.8 Å². The number of hydrogen-bond donors (Lipinski definition) is 0. The van der Waals surface area contributed by atoms with E-state index < -0.39 is 17.7 Å². The molecule has 1 aromatic rings. The van der Waals surface area contributed by atoms with E-state index in [0.717, 1.165) is 12.8 Å². The molecule has 3 rings (SSSR count). The summed E-state index contributed by atoms with van der Waals surface area (Å²) in [5.74, 6) is -1.21. The quantitative estimate of drug-likeness (QED) is 0.480. The van der Waals surface area contributed by atoms with Gasteiger partial charge in [-0.2, -0.15) is 0 Å². The lowest BCUT2D eigenvalue weighted by Gasteiger charge is -2.32. The summed E-state index contributed by atoms with van der Waals surface area (Å²) in [4.78, 5) is 24.5. The monoisotopic (exact) mass is 332 g/mol. The highest BCUT2D eigenvalue weighted by atomic mass is 16.7. The number of rotatable bonds is 4. The van der Waals surface area contributed by atoms with E-state index in [2.05, 4.69) is 0 Å². The summed E-state index contributed by atoms with van der Waals surface area (Å²) in [5.41, 5.74) is 0.514. The predicted molar refractivity (Wildman–Crippen MR) is 85.5 cm³/mol.